The van der Waals surface area contributed by atoms with Gasteiger partial charge in [-0.25, -0.2) is 0 Å². The van der Waals surface area contributed by atoms with E-state index in [4.69, 9.17) is 9.15 Å². The Morgan fingerprint density at radius 1 is 1.04 bits per heavy atom. The second-order valence-electron chi connectivity index (χ2n) is 6.73. The van der Waals surface area contributed by atoms with Crippen LogP contribution in [0.3, 0.4) is 0 Å². The van der Waals surface area contributed by atoms with Crippen LogP contribution in [0.5, 0.6) is 0 Å². The van der Waals surface area contributed by atoms with Gasteiger partial charge in [0.1, 0.15) is 5.58 Å². The average molecular weight is 364 g/mol. The Balaban J connectivity index is 1.91. The Morgan fingerprint density at radius 2 is 1.74 bits per heavy atom. The van der Waals surface area contributed by atoms with Crippen molar-refractivity contribution in [1.29, 1.82) is 0 Å². The number of para-hydroxylation sites is 1. The van der Waals surface area contributed by atoms with Gasteiger partial charge in [0.05, 0.1) is 12.5 Å². The first-order valence-corrected chi connectivity index (χ1v) is 9.38. The van der Waals surface area contributed by atoms with Gasteiger partial charge in [-0.15, -0.1) is 0 Å². The predicted molar refractivity (Wildman–Crippen MR) is 105 cm³/mol. The molecule has 0 amide bonds. The number of benzene rings is 2. The van der Waals surface area contributed by atoms with Gasteiger partial charge in [-0.1, -0.05) is 68.8 Å². The summed E-state index contributed by atoms with van der Waals surface area (Å²) >= 11 is 0. The van der Waals surface area contributed by atoms with E-state index in [9.17, 15) is 9.59 Å². The predicted octanol–water partition coefficient (Wildman–Crippen LogP) is 5.19. The van der Waals surface area contributed by atoms with E-state index >= 15 is 0 Å². The van der Waals surface area contributed by atoms with Crippen LogP contribution in [-0.4, -0.2) is 18.4 Å². The van der Waals surface area contributed by atoms with E-state index in [1.165, 1.54) is 0 Å². The molecule has 0 aliphatic rings. The number of rotatable bonds is 8. The third kappa shape index (κ3) is 4.27. The fraction of sp³-hybridized carbons (Fsp3) is 0.304. The summed E-state index contributed by atoms with van der Waals surface area (Å²) in [5, 5.41) is 0.866. The third-order valence-corrected chi connectivity index (χ3v) is 4.60. The molecule has 1 aromatic heterocycles. The maximum atomic E-state index is 13.0. The van der Waals surface area contributed by atoms with Gasteiger partial charge in [-0.05, 0) is 18.9 Å². The third-order valence-electron chi connectivity index (χ3n) is 4.60. The number of ketones is 1. The molecular formula is C23H24O4. The fourth-order valence-corrected chi connectivity index (χ4v) is 3.05. The Labute approximate surface area is 159 Å². The van der Waals surface area contributed by atoms with Crippen LogP contribution in [0.4, 0.5) is 0 Å². The molecule has 0 bridgehead atoms. The highest BCUT2D eigenvalue weighted by molar-refractivity contribution is 6.10. The van der Waals surface area contributed by atoms with Crippen molar-refractivity contribution >= 4 is 22.7 Å². The molecule has 1 heterocycles. The second-order valence-corrected chi connectivity index (χ2v) is 6.73. The van der Waals surface area contributed by atoms with Crippen LogP contribution >= 0.6 is 0 Å². The standard InChI is InChI=1S/C23H24O4/c1-3-4-14-26-23(25)16(2)15-19-18-12-8-9-13-20(18)27-22(19)21(24)17-10-6-5-7-11-17/h5-13,16H,3-4,14-15H2,1-2H3. The molecule has 0 N–H and O–H groups in total. The number of furan rings is 1. The quantitative estimate of drug-likeness (QED) is 0.314. The molecule has 1 atom stereocenters. The lowest BCUT2D eigenvalue weighted by molar-refractivity contribution is -0.148. The average Bonchev–Trinajstić information content (AvgIpc) is 3.06. The van der Waals surface area contributed by atoms with Crippen molar-refractivity contribution in [2.45, 2.75) is 33.1 Å². The monoisotopic (exact) mass is 364 g/mol. The van der Waals surface area contributed by atoms with Crippen molar-refractivity contribution in [2.24, 2.45) is 5.92 Å². The lowest BCUT2D eigenvalue weighted by Crippen LogP contribution is -2.18. The van der Waals surface area contributed by atoms with Gasteiger partial charge in [0.25, 0.3) is 0 Å². The molecule has 0 fully saturated rings. The lowest BCUT2D eigenvalue weighted by atomic mass is 9.95. The van der Waals surface area contributed by atoms with Crippen LogP contribution in [0.1, 0.15) is 48.4 Å². The summed E-state index contributed by atoms with van der Waals surface area (Å²) in [7, 11) is 0. The Morgan fingerprint density at radius 3 is 2.48 bits per heavy atom. The van der Waals surface area contributed by atoms with E-state index in [0.717, 1.165) is 23.8 Å². The zero-order chi connectivity index (χ0) is 19.2. The number of carbonyl (C=O) groups excluding carboxylic acids is 2. The van der Waals surface area contributed by atoms with E-state index in [-0.39, 0.29) is 17.7 Å². The fourth-order valence-electron chi connectivity index (χ4n) is 3.05. The molecule has 0 aliphatic heterocycles. The number of carbonyl (C=O) groups is 2. The SMILES string of the molecule is CCCCOC(=O)C(C)Cc1c(C(=O)c2ccccc2)oc2ccccc12. The van der Waals surface area contributed by atoms with Gasteiger partial charge in [-0.3, -0.25) is 9.59 Å². The van der Waals surface area contributed by atoms with E-state index in [0.29, 0.717) is 29.9 Å². The first-order chi connectivity index (χ1) is 13.1. The van der Waals surface area contributed by atoms with Crippen molar-refractivity contribution in [3.63, 3.8) is 0 Å². The summed E-state index contributed by atoms with van der Waals surface area (Å²) in [5.74, 6) is -0.471. The van der Waals surface area contributed by atoms with Gasteiger partial charge < -0.3 is 9.15 Å². The maximum Gasteiger partial charge on any atom is 0.308 e. The summed E-state index contributed by atoms with van der Waals surface area (Å²) in [5.41, 5.74) is 1.98. The van der Waals surface area contributed by atoms with E-state index < -0.39 is 0 Å². The number of ether oxygens (including phenoxy) is 1. The zero-order valence-corrected chi connectivity index (χ0v) is 15.7. The Bertz CT molecular complexity index is 924. The molecule has 1 unspecified atom stereocenters. The van der Waals surface area contributed by atoms with Crippen molar-refractivity contribution < 1.29 is 18.7 Å². The molecule has 0 radical (unpaired) electrons. The van der Waals surface area contributed by atoms with Gasteiger partial charge in [0.2, 0.25) is 5.78 Å². The zero-order valence-electron chi connectivity index (χ0n) is 15.7. The first kappa shape index (κ1) is 18.9. The summed E-state index contributed by atoms with van der Waals surface area (Å²) in [4.78, 5) is 25.3. The topological polar surface area (TPSA) is 56.5 Å². The molecular weight excluding hydrogens is 340 g/mol. The van der Waals surface area contributed by atoms with Crippen molar-refractivity contribution in [2.75, 3.05) is 6.61 Å². The van der Waals surface area contributed by atoms with Gasteiger partial charge in [-0.2, -0.15) is 0 Å². The highest BCUT2D eigenvalue weighted by Gasteiger charge is 2.25. The Kier molecular flexibility index (Phi) is 6.07. The van der Waals surface area contributed by atoms with Crippen LogP contribution in [0, 0.1) is 5.92 Å². The summed E-state index contributed by atoms with van der Waals surface area (Å²) in [6.07, 6.45) is 2.23. The lowest BCUT2D eigenvalue weighted by Gasteiger charge is -2.11. The molecule has 27 heavy (non-hydrogen) atoms. The van der Waals surface area contributed by atoms with Crippen molar-refractivity contribution in [3.8, 4) is 0 Å². The second kappa shape index (κ2) is 8.67. The number of hydrogen-bond acceptors (Lipinski definition) is 4. The molecule has 3 rings (SSSR count). The van der Waals surface area contributed by atoms with E-state index in [1.807, 2.05) is 49.4 Å². The Hall–Kier alpha value is -2.88. The largest absolute Gasteiger partial charge is 0.465 e. The number of esters is 1. The van der Waals surface area contributed by atoms with Crippen LogP contribution in [0.25, 0.3) is 11.0 Å². The molecule has 4 nitrogen and oxygen atoms in total. The van der Waals surface area contributed by atoms with Crippen LogP contribution in [-0.2, 0) is 16.0 Å². The van der Waals surface area contributed by atoms with Crippen LogP contribution in [0.2, 0.25) is 0 Å². The first-order valence-electron chi connectivity index (χ1n) is 9.38. The molecule has 0 saturated heterocycles. The highest BCUT2D eigenvalue weighted by atomic mass is 16.5. The molecule has 0 spiro atoms. The number of fused-ring (bicyclic) bond motifs is 1. The van der Waals surface area contributed by atoms with Gasteiger partial charge in [0, 0.05) is 16.5 Å². The normalized spacial score (nSPS) is 12.1. The smallest absolute Gasteiger partial charge is 0.308 e. The molecule has 0 aliphatic carbocycles. The van der Waals surface area contributed by atoms with Crippen LogP contribution < -0.4 is 0 Å². The van der Waals surface area contributed by atoms with Gasteiger partial charge >= 0.3 is 5.97 Å². The minimum atomic E-state index is -0.356. The van der Waals surface area contributed by atoms with Gasteiger partial charge in [0.15, 0.2) is 5.76 Å². The highest BCUT2D eigenvalue weighted by Crippen LogP contribution is 2.30. The molecule has 0 saturated carbocycles. The van der Waals surface area contributed by atoms with Crippen molar-refractivity contribution in [3.05, 3.63) is 71.5 Å². The minimum Gasteiger partial charge on any atom is -0.465 e. The number of unbranched alkanes of at least 4 members (excludes halogenated alkanes) is 1. The molecule has 3 aromatic rings. The maximum absolute atomic E-state index is 13.0. The van der Waals surface area contributed by atoms with Crippen LogP contribution in [0.15, 0.2) is 59.0 Å². The molecule has 4 heteroatoms. The summed E-state index contributed by atoms with van der Waals surface area (Å²) in [6, 6.07) is 16.6. The number of hydrogen-bond donors (Lipinski definition) is 0. The summed E-state index contributed by atoms with van der Waals surface area (Å²) < 4.78 is 11.2. The molecule has 140 valence electrons. The minimum absolute atomic E-state index is 0.173. The van der Waals surface area contributed by atoms with Crippen molar-refractivity contribution in [1.82, 2.24) is 0 Å². The summed E-state index contributed by atoms with van der Waals surface area (Å²) in [6.45, 7) is 4.31. The molecule has 2 aromatic carbocycles. The van der Waals surface area contributed by atoms with E-state index in [1.54, 1.807) is 12.1 Å². The van der Waals surface area contributed by atoms with E-state index in [2.05, 4.69) is 6.92 Å².